The fraction of sp³-hybridized carbons (Fsp3) is 0.733. The van der Waals surface area contributed by atoms with Crippen LogP contribution < -0.4 is 0 Å². The quantitative estimate of drug-likeness (QED) is 0.356. The summed E-state index contributed by atoms with van der Waals surface area (Å²) < 4.78 is 11.7. The summed E-state index contributed by atoms with van der Waals surface area (Å²) in [5.74, 6) is 3.63. The van der Waals surface area contributed by atoms with Gasteiger partial charge in [0.05, 0.1) is 25.7 Å². The molecule has 206 valence electrons. The van der Waals surface area contributed by atoms with Gasteiger partial charge in [-0.2, -0.15) is 0 Å². The molecular weight excluding hydrogens is 488 g/mol. The van der Waals surface area contributed by atoms with Crippen molar-refractivity contribution in [1.82, 2.24) is 0 Å². The van der Waals surface area contributed by atoms with Crippen LogP contribution in [0.4, 0.5) is 0 Å². The van der Waals surface area contributed by atoms with Gasteiger partial charge in [-0.25, -0.2) is 0 Å². The van der Waals surface area contributed by atoms with E-state index in [1.54, 1.807) is 0 Å². The molecule has 0 heterocycles. The Balaban J connectivity index is 1.53. The lowest BCUT2D eigenvalue weighted by Gasteiger charge is -2.58. The third-order valence-corrected chi connectivity index (χ3v) is 10.6. The Bertz CT molecular complexity index is 1100. The van der Waals surface area contributed by atoms with E-state index in [1.165, 1.54) is 0 Å². The fourth-order valence-corrected chi connectivity index (χ4v) is 8.81. The summed E-state index contributed by atoms with van der Waals surface area (Å²) in [5.41, 5.74) is -2.62. The van der Waals surface area contributed by atoms with Gasteiger partial charge in [0.1, 0.15) is 0 Å². The Labute approximate surface area is 224 Å². The summed E-state index contributed by atoms with van der Waals surface area (Å²) in [6.07, 6.45) is 17.1. The van der Waals surface area contributed by atoms with Crippen molar-refractivity contribution in [2.45, 2.75) is 102 Å². The van der Waals surface area contributed by atoms with Crippen molar-refractivity contribution in [3.05, 3.63) is 0 Å². The first kappa shape index (κ1) is 28.0. The highest BCUT2D eigenvalue weighted by molar-refractivity contribution is 5.77. The van der Waals surface area contributed by atoms with Crippen LogP contribution in [0.3, 0.4) is 0 Å². The van der Waals surface area contributed by atoms with Crippen LogP contribution in [0.25, 0.3) is 0 Å². The zero-order valence-corrected chi connectivity index (χ0v) is 22.3. The normalized spacial score (nSPS) is 40.9. The molecule has 0 bridgehead atoms. The summed E-state index contributed by atoms with van der Waals surface area (Å²) in [6.45, 7) is 4.39. The Morgan fingerprint density at radius 2 is 1.42 bits per heavy atom. The van der Waals surface area contributed by atoms with Gasteiger partial charge >= 0.3 is 23.9 Å². The summed E-state index contributed by atoms with van der Waals surface area (Å²) in [6, 6.07) is 0. The summed E-state index contributed by atoms with van der Waals surface area (Å²) >= 11 is 0. The molecule has 0 radical (unpaired) electrons. The molecule has 0 aliphatic heterocycles. The van der Waals surface area contributed by atoms with Crippen molar-refractivity contribution in [3.8, 4) is 24.7 Å². The van der Waals surface area contributed by atoms with Crippen LogP contribution in [0.15, 0.2) is 0 Å². The van der Waals surface area contributed by atoms with Crippen molar-refractivity contribution >= 4 is 23.9 Å². The summed E-state index contributed by atoms with van der Waals surface area (Å²) in [4.78, 5) is 46.9. The molecule has 8 nitrogen and oxygen atoms in total. The van der Waals surface area contributed by atoms with E-state index in [0.29, 0.717) is 37.0 Å². The number of carbonyl (C=O) groups is 4. The molecule has 0 aromatic rings. The zero-order valence-electron chi connectivity index (χ0n) is 22.3. The number of fused-ring (bicyclic) bond motifs is 5. The van der Waals surface area contributed by atoms with E-state index in [1.807, 2.05) is 0 Å². The van der Waals surface area contributed by atoms with Crippen molar-refractivity contribution in [2.24, 2.45) is 34.5 Å². The van der Waals surface area contributed by atoms with Gasteiger partial charge in [0.15, 0.2) is 11.2 Å². The van der Waals surface area contributed by atoms with Crippen molar-refractivity contribution in [1.29, 1.82) is 0 Å². The highest BCUT2D eigenvalue weighted by atomic mass is 16.6. The van der Waals surface area contributed by atoms with Gasteiger partial charge in [-0.15, -0.1) is 12.8 Å². The van der Waals surface area contributed by atoms with Crippen molar-refractivity contribution in [2.75, 3.05) is 0 Å². The second kappa shape index (κ2) is 9.95. The number of ether oxygens (including phenoxy) is 2. The van der Waals surface area contributed by atoms with Crippen LogP contribution in [0, 0.1) is 59.2 Å². The van der Waals surface area contributed by atoms with Gasteiger partial charge in [0.2, 0.25) is 0 Å². The molecule has 4 aliphatic carbocycles. The molecule has 0 aromatic carbocycles. The maximum absolute atomic E-state index is 12.6. The van der Waals surface area contributed by atoms with E-state index in [2.05, 4.69) is 25.7 Å². The predicted octanol–water partition coefficient (Wildman–Crippen LogP) is 4.20. The van der Waals surface area contributed by atoms with Gasteiger partial charge in [-0.1, -0.05) is 25.7 Å². The van der Waals surface area contributed by atoms with Crippen molar-refractivity contribution in [3.63, 3.8) is 0 Å². The van der Waals surface area contributed by atoms with E-state index in [4.69, 9.17) is 32.5 Å². The standard InChI is InChI=1S/C30H38O8/c1-5-29(37-25(35)11-9-23(31)32)17-19-7-8-20-21(27(19,3)18-29)13-15-28(4)22(20)14-16-30(28,6-2)38-26(36)12-10-24(33)34/h1-2,19-22H,7-18H2,3-4H3,(H,31,32)(H,33,34)/t19?,20?,21?,22?,27?,28?,29-,30+/m1/s1. The number of rotatable bonds is 8. The Hall–Kier alpha value is -3.00. The molecule has 4 rings (SSSR count). The maximum Gasteiger partial charge on any atom is 0.307 e. The van der Waals surface area contributed by atoms with E-state index in [0.717, 1.165) is 32.1 Å². The Morgan fingerprint density at radius 1 is 0.816 bits per heavy atom. The van der Waals surface area contributed by atoms with E-state index in [9.17, 15) is 19.2 Å². The van der Waals surface area contributed by atoms with Crippen LogP contribution >= 0.6 is 0 Å². The number of aliphatic carboxylic acids is 2. The number of terminal acetylenes is 2. The molecule has 8 atom stereocenters. The molecule has 38 heavy (non-hydrogen) atoms. The monoisotopic (exact) mass is 526 g/mol. The number of hydrogen-bond acceptors (Lipinski definition) is 6. The molecule has 0 amide bonds. The highest BCUT2D eigenvalue weighted by Crippen LogP contribution is 2.70. The smallest absolute Gasteiger partial charge is 0.307 e. The van der Waals surface area contributed by atoms with Crippen molar-refractivity contribution < 1.29 is 38.9 Å². The minimum absolute atomic E-state index is 0.136. The van der Waals surface area contributed by atoms with Gasteiger partial charge in [0, 0.05) is 18.3 Å². The number of carboxylic acids is 2. The van der Waals surface area contributed by atoms with Crippen LogP contribution in [0.2, 0.25) is 0 Å². The predicted molar refractivity (Wildman–Crippen MR) is 136 cm³/mol. The lowest BCUT2D eigenvalue weighted by molar-refractivity contribution is -0.175. The lowest BCUT2D eigenvalue weighted by Crippen LogP contribution is -2.55. The van der Waals surface area contributed by atoms with Crippen LogP contribution in [0.1, 0.15) is 90.9 Å². The summed E-state index contributed by atoms with van der Waals surface area (Å²) in [5, 5.41) is 17.9. The molecule has 0 saturated heterocycles. The number of carbonyl (C=O) groups excluding carboxylic acids is 2. The lowest BCUT2D eigenvalue weighted by atomic mass is 9.47. The molecule has 4 fully saturated rings. The molecule has 4 aliphatic rings. The second-order valence-corrected chi connectivity index (χ2v) is 12.4. The molecule has 8 heteroatoms. The Kier molecular flexibility index (Phi) is 7.34. The average molecular weight is 527 g/mol. The van der Waals surface area contributed by atoms with Gasteiger partial charge in [-0.05, 0) is 67.6 Å². The van der Waals surface area contributed by atoms with E-state index in [-0.39, 0.29) is 37.0 Å². The van der Waals surface area contributed by atoms with Gasteiger partial charge < -0.3 is 19.7 Å². The molecule has 4 saturated carbocycles. The van der Waals surface area contributed by atoms with Gasteiger partial charge in [-0.3, -0.25) is 19.2 Å². The number of carboxylic acid groups (broad SMARTS) is 2. The molecule has 2 N–H and O–H groups in total. The first-order chi connectivity index (χ1) is 17.8. The minimum Gasteiger partial charge on any atom is -0.481 e. The molecule has 6 unspecified atom stereocenters. The highest BCUT2D eigenvalue weighted by Gasteiger charge is 2.68. The molecule has 0 aromatic heterocycles. The minimum atomic E-state index is -1.05. The fourth-order valence-electron chi connectivity index (χ4n) is 8.81. The van der Waals surface area contributed by atoms with E-state index >= 15 is 0 Å². The van der Waals surface area contributed by atoms with Gasteiger partial charge in [0.25, 0.3) is 0 Å². The first-order valence-corrected chi connectivity index (χ1v) is 13.7. The molecular formula is C30H38O8. The molecule has 0 spiro atoms. The van der Waals surface area contributed by atoms with E-state index < -0.39 is 40.5 Å². The van der Waals surface area contributed by atoms with Crippen LogP contribution in [0.5, 0.6) is 0 Å². The summed E-state index contributed by atoms with van der Waals surface area (Å²) in [7, 11) is 0. The zero-order chi connectivity index (χ0) is 27.9. The third kappa shape index (κ3) is 4.57. The topological polar surface area (TPSA) is 127 Å². The van der Waals surface area contributed by atoms with Crippen LogP contribution in [-0.2, 0) is 28.7 Å². The average Bonchev–Trinajstić information content (AvgIpc) is 3.32. The van der Waals surface area contributed by atoms with Crippen LogP contribution in [-0.4, -0.2) is 45.3 Å². The SMILES string of the molecule is C#C[C@@]1(OC(=O)CCC(=O)O)CC2CCC3C(CCC4(C)C3CC[C@]4(C#C)OC(=O)CCC(=O)O)C2(C)C1. The maximum atomic E-state index is 12.6. The third-order valence-electron chi connectivity index (χ3n) is 10.6. The largest absolute Gasteiger partial charge is 0.481 e. The Morgan fingerprint density at radius 3 is 2.00 bits per heavy atom. The number of hydrogen-bond donors (Lipinski definition) is 2. The first-order valence-electron chi connectivity index (χ1n) is 13.7. The number of esters is 2. The second-order valence-electron chi connectivity index (χ2n) is 12.4.